The first-order valence-electron chi connectivity index (χ1n) is 6.02. The van der Waals surface area contributed by atoms with Crippen LogP contribution in [-0.4, -0.2) is 5.91 Å². The second-order valence-corrected chi connectivity index (χ2v) is 4.49. The number of carbonyl (C=O) groups excluding carboxylic acids is 1. The van der Waals surface area contributed by atoms with Crippen LogP contribution in [0.15, 0.2) is 36.4 Å². The molecule has 1 amide bonds. The fraction of sp³-hybridized carbons (Fsp3) is 0.357. The van der Waals surface area contributed by atoms with Gasteiger partial charge in [0, 0.05) is 18.7 Å². The molecule has 3 nitrogen and oxygen atoms in total. The van der Waals surface area contributed by atoms with E-state index in [2.05, 4.69) is 17.5 Å². The number of allylic oxidation sites excluding steroid dienone is 2. The lowest BCUT2D eigenvalue weighted by Crippen LogP contribution is -2.24. The summed E-state index contributed by atoms with van der Waals surface area (Å²) < 4.78 is 0. The van der Waals surface area contributed by atoms with E-state index in [0.717, 1.165) is 24.1 Å². The molecule has 1 unspecified atom stereocenters. The SMILES string of the molecule is Nc1ccc(CNC(=O)CC2C=CCC2)cc1. The topological polar surface area (TPSA) is 55.1 Å². The summed E-state index contributed by atoms with van der Waals surface area (Å²) in [4.78, 5) is 11.7. The second-order valence-electron chi connectivity index (χ2n) is 4.49. The first kappa shape index (κ1) is 11.7. The Morgan fingerprint density at radius 2 is 2.12 bits per heavy atom. The van der Waals surface area contributed by atoms with Crippen LogP contribution in [0.4, 0.5) is 5.69 Å². The van der Waals surface area contributed by atoms with Crippen LogP contribution in [0.3, 0.4) is 0 Å². The summed E-state index contributed by atoms with van der Waals surface area (Å²) in [7, 11) is 0. The maximum absolute atomic E-state index is 11.7. The van der Waals surface area contributed by atoms with Gasteiger partial charge in [0.15, 0.2) is 0 Å². The highest BCUT2D eigenvalue weighted by Gasteiger charge is 2.13. The van der Waals surface area contributed by atoms with Crippen molar-refractivity contribution in [1.29, 1.82) is 0 Å². The minimum absolute atomic E-state index is 0.123. The lowest BCUT2D eigenvalue weighted by molar-refractivity contribution is -0.121. The van der Waals surface area contributed by atoms with E-state index in [0.29, 0.717) is 18.9 Å². The zero-order chi connectivity index (χ0) is 12.1. The Bertz CT molecular complexity index is 409. The molecule has 3 heteroatoms. The van der Waals surface area contributed by atoms with Gasteiger partial charge < -0.3 is 11.1 Å². The number of anilines is 1. The molecule has 0 bridgehead atoms. The van der Waals surface area contributed by atoms with Crippen molar-refractivity contribution >= 4 is 11.6 Å². The van der Waals surface area contributed by atoms with Gasteiger partial charge in [-0.2, -0.15) is 0 Å². The van der Waals surface area contributed by atoms with Gasteiger partial charge in [-0.05, 0) is 36.5 Å². The van der Waals surface area contributed by atoms with Gasteiger partial charge in [0.05, 0.1) is 0 Å². The summed E-state index contributed by atoms with van der Waals surface area (Å²) in [6.45, 7) is 0.579. The minimum atomic E-state index is 0.123. The second kappa shape index (κ2) is 5.53. The maximum atomic E-state index is 11.7. The zero-order valence-corrected chi connectivity index (χ0v) is 9.86. The van der Waals surface area contributed by atoms with E-state index in [4.69, 9.17) is 5.73 Å². The van der Waals surface area contributed by atoms with Crippen LogP contribution in [0.25, 0.3) is 0 Å². The number of hydrogen-bond donors (Lipinski definition) is 2. The molecule has 1 aliphatic carbocycles. The first-order valence-corrected chi connectivity index (χ1v) is 6.02. The van der Waals surface area contributed by atoms with Crippen LogP contribution in [0, 0.1) is 5.92 Å². The molecular formula is C14H18N2O. The molecule has 0 saturated heterocycles. The molecule has 1 aliphatic rings. The number of carbonyl (C=O) groups is 1. The maximum Gasteiger partial charge on any atom is 0.220 e. The van der Waals surface area contributed by atoms with Gasteiger partial charge in [-0.25, -0.2) is 0 Å². The van der Waals surface area contributed by atoms with Gasteiger partial charge in [-0.15, -0.1) is 0 Å². The van der Waals surface area contributed by atoms with Crippen molar-refractivity contribution < 1.29 is 4.79 Å². The average Bonchev–Trinajstić information content (AvgIpc) is 2.81. The normalized spacial score (nSPS) is 18.2. The summed E-state index contributed by atoms with van der Waals surface area (Å²) in [5.41, 5.74) is 7.42. The number of nitrogens with one attached hydrogen (secondary N) is 1. The van der Waals surface area contributed by atoms with Crippen molar-refractivity contribution in [3.05, 3.63) is 42.0 Å². The molecule has 90 valence electrons. The molecule has 1 aromatic rings. The largest absolute Gasteiger partial charge is 0.399 e. The minimum Gasteiger partial charge on any atom is -0.399 e. The van der Waals surface area contributed by atoms with E-state index in [-0.39, 0.29) is 5.91 Å². The Hall–Kier alpha value is -1.77. The van der Waals surface area contributed by atoms with Crippen molar-refractivity contribution in [3.8, 4) is 0 Å². The number of rotatable bonds is 4. The number of hydrogen-bond acceptors (Lipinski definition) is 2. The van der Waals surface area contributed by atoms with Crippen LogP contribution >= 0.6 is 0 Å². The van der Waals surface area contributed by atoms with Crippen molar-refractivity contribution in [2.75, 3.05) is 5.73 Å². The molecule has 0 spiro atoms. The number of amides is 1. The molecular weight excluding hydrogens is 212 g/mol. The van der Waals surface area contributed by atoms with Gasteiger partial charge in [-0.1, -0.05) is 24.3 Å². The van der Waals surface area contributed by atoms with E-state index in [1.54, 1.807) is 0 Å². The highest BCUT2D eigenvalue weighted by molar-refractivity contribution is 5.76. The van der Waals surface area contributed by atoms with Gasteiger partial charge in [0.1, 0.15) is 0 Å². The van der Waals surface area contributed by atoms with Crippen molar-refractivity contribution in [2.24, 2.45) is 5.92 Å². The molecule has 0 fully saturated rings. The molecule has 0 aliphatic heterocycles. The molecule has 0 radical (unpaired) electrons. The summed E-state index contributed by atoms with van der Waals surface area (Å²) >= 11 is 0. The molecule has 0 saturated carbocycles. The van der Waals surface area contributed by atoms with Gasteiger partial charge >= 0.3 is 0 Å². The third-order valence-corrected chi connectivity index (χ3v) is 3.03. The van der Waals surface area contributed by atoms with Crippen molar-refractivity contribution in [2.45, 2.75) is 25.8 Å². The van der Waals surface area contributed by atoms with E-state index in [9.17, 15) is 4.79 Å². The summed E-state index contributed by atoms with van der Waals surface area (Å²) in [5.74, 6) is 0.555. The van der Waals surface area contributed by atoms with E-state index < -0.39 is 0 Å². The van der Waals surface area contributed by atoms with Crippen LogP contribution in [0.1, 0.15) is 24.8 Å². The number of nitrogen functional groups attached to an aromatic ring is 1. The van der Waals surface area contributed by atoms with Gasteiger partial charge in [0.25, 0.3) is 0 Å². The van der Waals surface area contributed by atoms with Crippen LogP contribution < -0.4 is 11.1 Å². The summed E-state index contributed by atoms with van der Waals surface area (Å²) in [6, 6.07) is 7.57. The molecule has 3 N–H and O–H groups in total. The zero-order valence-electron chi connectivity index (χ0n) is 9.86. The predicted octanol–water partition coefficient (Wildman–Crippen LogP) is 2.24. The predicted molar refractivity (Wildman–Crippen MR) is 69.2 cm³/mol. The van der Waals surface area contributed by atoms with Crippen molar-refractivity contribution in [3.63, 3.8) is 0 Å². The standard InChI is InChI=1S/C14H18N2O/c15-13-7-5-12(6-8-13)10-16-14(17)9-11-3-1-2-4-11/h1,3,5-8,11H,2,4,9-10,15H2,(H,16,17). The Morgan fingerprint density at radius 1 is 1.35 bits per heavy atom. The van der Waals surface area contributed by atoms with Crippen LogP contribution in [0.5, 0.6) is 0 Å². The Labute approximate surface area is 102 Å². The Morgan fingerprint density at radius 3 is 2.76 bits per heavy atom. The number of benzene rings is 1. The third-order valence-electron chi connectivity index (χ3n) is 3.03. The average molecular weight is 230 g/mol. The molecule has 1 aromatic carbocycles. The fourth-order valence-corrected chi connectivity index (χ4v) is 2.01. The lowest BCUT2D eigenvalue weighted by Gasteiger charge is -2.08. The van der Waals surface area contributed by atoms with Crippen LogP contribution in [-0.2, 0) is 11.3 Å². The molecule has 17 heavy (non-hydrogen) atoms. The highest BCUT2D eigenvalue weighted by Crippen LogP contribution is 2.20. The molecule has 0 aromatic heterocycles. The quantitative estimate of drug-likeness (QED) is 0.615. The monoisotopic (exact) mass is 230 g/mol. The van der Waals surface area contributed by atoms with E-state index in [1.165, 1.54) is 0 Å². The molecule has 0 heterocycles. The number of nitrogens with two attached hydrogens (primary N) is 1. The first-order chi connectivity index (χ1) is 8.24. The summed E-state index contributed by atoms with van der Waals surface area (Å²) in [5, 5.41) is 2.93. The van der Waals surface area contributed by atoms with Gasteiger partial charge in [-0.3, -0.25) is 4.79 Å². The molecule has 2 rings (SSSR count). The van der Waals surface area contributed by atoms with Crippen molar-refractivity contribution in [1.82, 2.24) is 5.32 Å². The van der Waals surface area contributed by atoms with Gasteiger partial charge in [0.2, 0.25) is 5.91 Å². The Balaban J connectivity index is 1.75. The fourth-order valence-electron chi connectivity index (χ4n) is 2.01. The smallest absolute Gasteiger partial charge is 0.220 e. The molecule has 1 atom stereocenters. The van der Waals surface area contributed by atoms with Crippen LogP contribution in [0.2, 0.25) is 0 Å². The Kier molecular flexibility index (Phi) is 3.81. The summed E-state index contributed by atoms with van der Waals surface area (Å²) in [6.07, 6.45) is 7.11. The highest BCUT2D eigenvalue weighted by atomic mass is 16.1. The third kappa shape index (κ3) is 3.63. The van der Waals surface area contributed by atoms with E-state index in [1.807, 2.05) is 24.3 Å². The van der Waals surface area contributed by atoms with E-state index >= 15 is 0 Å². The lowest BCUT2D eigenvalue weighted by atomic mass is 10.1.